The molecule has 0 aliphatic rings. The van der Waals surface area contributed by atoms with Gasteiger partial charge in [0.1, 0.15) is 18.9 Å². The molecule has 92 valence electrons. The lowest BCUT2D eigenvalue weighted by molar-refractivity contribution is 0.366. The van der Waals surface area contributed by atoms with Gasteiger partial charge in [-0.25, -0.2) is 9.67 Å². The van der Waals surface area contributed by atoms with Crippen molar-refractivity contribution in [3.63, 3.8) is 0 Å². The molecule has 0 amide bonds. The first kappa shape index (κ1) is 11.1. The van der Waals surface area contributed by atoms with Crippen molar-refractivity contribution in [1.29, 1.82) is 5.26 Å². The first-order valence-electron chi connectivity index (χ1n) is 5.53. The van der Waals surface area contributed by atoms with Gasteiger partial charge in [-0.1, -0.05) is 35.5 Å². The first-order chi connectivity index (χ1) is 9.35. The average Bonchev–Trinajstić information content (AvgIpc) is 3.09. The van der Waals surface area contributed by atoms with Gasteiger partial charge >= 0.3 is 0 Å². The molecule has 0 bridgehead atoms. The molecule has 0 unspecified atom stereocenters. The molecular weight excluding hydrogens is 244 g/mol. The third kappa shape index (κ3) is 2.32. The van der Waals surface area contributed by atoms with Crippen LogP contribution in [0.25, 0.3) is 11.4 Å². The van der Waals surface area contributed by atoms with Gasteiger partial charge in [0, 0.05) is 5.56 Å². The lowest BCUT2D eigenvalue weighted by Crippen LogP contribution is -2.00. The van der Waals surface area contributed by atoms with Crippen molar-refractivity contribution in [3.05, 3.63) is 48.4 Å². The predicted octanol–water partition coefficient (Wildman–Crippen LogP) is 1.25. The van der Waals surface area contributed by atoms with Gasteiger partial charge in [-0.15, -0.1) is 5.10 Å². The van der Waals surface area contributed by atoms with E-state index < -0.39 is 0 Å². The van der Waals surface area contributed by atoms with Gasteiger partial charge in [0.05, 0.1) is 0 Å². The maximum atomic E-state index is 8.63. The standard InChI is InChI=1S/C12H8N6O/c13-6-10-14-8-18(16-10)7-11-15-12(17-19-11)9-4-2-1-3-5-9/h1-5,8H,7H2. The van der Waals surface area contributed by atoms with Gasteiger partial charge in [0.25, 0.3) is 5.82 Å². The Labute approximate surface area is 108 Å². The van der Waals surface area contributed by atoms with Crippen LogP contribution >= 0.6 is 0 Å². The molecule has 7 heteroatoms. The topological polar surface area (TPSA) is 93.4 Å². The summed E-state index contributed by atoms with van der Waals surface area (Å²) in [5.74, 6) is 1.05. The summed E-state index contributed by atoms with van der Waals surface area (Å²) in [6, 6.07) is 11.4. The predicted molar refractivity (Wildman–Crippen MR) is 63.6 cm³/mol. The molecule has 2 aromatic heterocycles. The van der Waals surface area contributed by atoms with E-state index in [1.54, 1.807) is 0 Å². The second-order valence-corrected chi connectivity index (χ2v) is 3.76. The van der Waals surface area contributed by atoms with Crippen LogP contribution in [0.15, 0.2) is 41.2 Å². The Morgan fingerprint density at radius 2 is 2.11 bits per heavy atom. The van der Waals surface area contributed by atoms with Crippen molar-refractivity contribution in [1.82, 2.24) is 24.9 Å². The van der Waals surface area contributed by atoms with Crippen molar-refractivity contribution in [2.75, 3.05) is 0 Å². The Kier molecular flexibility index (Phi) is 2.74. The van der Waals surface area contributed by atoms with Crippen molar-refractivity contribution in [3.8, 4) is 17.5 Å². The normalized spacial score (nSPS) is 10.3. The molecule has 0 radical (unpaired) electrons. The Hall–Kier alpha value is -3.01. The highest BCUT2D eigenvalue weighted by molar-refractivity contribution is 5.53. The molecule has 0 aliphatic heterocycles. The van der Waals surface area contributed by atoms with Crippen LogP contribution in [0.1, 0.15) is 11.7 Å². The molecule has 0 fully saturated rings. The lowest BCUT2D eigenvalue weighted by atomic mass is 10.2. The van der Waals surface area contributed by atoms with Crippen LogP contribution in [0.2, 0.25) is 0 Å². The summed E-state index contributed by atoms with van der Waals surface area (Å²) in [4.78, 5) is 8.06. The maximum Gasteiger partial charge on any atom is 0.252 e. The molecule has 1 aromatic carbocycles. The quantitative estimate of drug-likeness (QED) is 0.696. The van der Waals surface area contributed by atoms with E-state index in [4.69, 9.17) is 9.78 Å². The molecule has 0 atom stereocenters. The summed E-state index contributed by atoms with van der Waals surface area (Å²) in [5, 5.41) is 16.4. The first-order valence-corrected chi connectivity index (χ1v) is 5.53. The number of benzene rings is 1. The smallest absolute Gasteiger partial charge is 0.252 e. The van der Waals surface area contributed by atoms with E-state index in [1.807, 2.05) is 36.4 Å². The molecule has 19 heavy (non-hydrogen) atoms. The fourth-order valence-corrected chi connectivity index (χ4v) is 1.58. The summed E-state index contributed by atoms with van der Waals surface area (Å²) in [5.41, 5.74) is 0.883. The number of hydrogen-bond acceptors (Lipinski definition) is 6. The molecule has 0 saturated carbocycles. The van der Waals surface area contributed by atoms with Gasteiger partial charge in [-0.05, 0) is 0 Å². The SMILES string of the molecule is N#Cc1ncn(Cc2nc(-c3ccccc3)no2)n1. The molecule has 2 heterocycles. The monoisotopic (exact) mass is 252 g/mol. The molecule has 0 spiro atoms. The van der Waals surface area contributed by atoms with Crippen LogP contribution in [0.4, 0.5) is 0 Å². The summed E-state index contributed by atoms with van der Waals surface area (Å²) in [6.45, 7) is 0.286. The summed E-state index contributed by atoms with van der Waals surface area (Å²) in [6.07, 6.45) is 1.45. The second-order valence-electron chi connectivity index (χ2n) is 3.76. The fraction of sp³-hybridized carbons (Fsp3) is 0.0833. The lowest BCUT2D eigenvalue weighted by Gasteiger charge is -1.92. The number of hydrogen-bond donors (Lipinski definition) is 0. The van der Waals surface area contributed by atoms with E-state index in [1.165, 1.54) is 11.0 Å². The van der Waals surface area contributed by atoms with Crippen LogP contribution in [-0.4, -0.2) is 24.9 Å². The number of rotatable bonds is 3. The third-order valence-corrected chi connectivity index (χ3v) is 2.43. The van der Waals surface area contributed by atoms with Crippen LogP contribution in [0.5, 0.6) is 0 Å². The Balaban J connectivity index is 1.80. The summed E-state index contributed by atoms with van der Waals surface area (Å²) in [7, 11) is 0. The van der Waals surface area contributed by atoms with Gasteiger partial charge in [-0.2, -0.15) is 10.2 Å². The van der Waals surface area contributed by atoms with Crippen molar-refractivity contribution in [2.45, 2.75) is 6.54 Å². The zero-order valence-corrected chi connectivity index (χ0v) is 9.76. The van der Waals surface area contributed by atoms with Crippen LogP contribution in [-0.2, 0) is 6.54 Å². The Morgan fingerprint density at radius 3 is 2.84 bits per heavy atom. The van der Waals surface area contributed by atoms with E-state index in [9.17, 15) is 0 Å². The third-order valence-electron chi connectivity index (χ3n) is 2.43. The molecule has 0 N–H and O–H groups in total. The van der Waals surface area contributed by atoms with Crippen LogP contribution < -0.4 is 0 Å². The molecule has 3 rings (SSSR count). The van der Waals surface area contributed by atoms with Gasteiger partial charge in [-0.3, -0.25) is 0 Å². The fourth-order valence-electron chi connectivity index (χ4n) is 1.58. The summed E-state index contributed by atoms with van der Waals surface area (Å²) >= 11 is 0. The minimum absolute atomic E-state index is 0.114. The van der Waals surface area contributed by atoms with Crippen LogP contribution in [0, 0.1) is 11.3 Å². The molecule has 0 aliphatic carbocycles. The Morgan fingerprint density at radius 1 is 1.26 bits per heavy atom. The van der Waals surface area contributed by atoms with E-state index in [0.29, 0.717) is 11.7 Å². The molecule has 0 saturated heterocycles. The van der Waals surface area contributed by atoms with Gasteiger partial charge < -0.3 is 4.52 Å². The maximum absolute atomic E-state index is 8.63. The highest BCUT2D eigenvalue weighted by Crippen LogP contribution is 2.14. The van der Waals surface area contributed by atoms with Gasteiger partial charge in [0.15, 0.2) is 0 Å². The second kappa shape index (κ2) is 4.70. The largest absolute Gasteiger partial charge is 0.337 e. The minimum atomic E-state index is 0.114. The summed E-state index contributed by atoms with van der Waals surface area (Å²) < 4.78 is 6.61. The minimum Gasteiger partial charge on any atom is -0.337 e. The number of nitrogens with zero attached hydrogens (tertiary/aromatic N) is 6. The van der Waals surface area contributed by atoms with E-state index in [0.717, 1.165) is 5.56 Å². The number of aromatic nitrogens is 5. The highest BCUT2D eigenvalue weighted by Gasteiger charge is 2.09. The van der Waals surface area contributed by atoms with Gasteiger partial charge in [0.2, 0.25) is 11.7 Å². The van der Waals surface area contributed by atoms with E-state index in [2.05, 4.69) is 20.2 Å². The van der Waals surface area contributed by atoms with Crippen molar-refractivity contribution < 1.29 is 4.52 Å². The van der Waals surface area contributed by atoms with Crippen molar-refractivity contribution >= 4 is 0 Å². The Bertz CT molecular complexity index is 724. The molecule has 7 nitrogen and oxygen atoms in total. The zero-order chi connectivity index (χ0) is 13.1. The highest BCUT2D eigenvalue weighted by atomic mass is 16.5. The van der Waals surface area contributed by atoms with Crippen molar-refractivity contribution in [2.24, 2.45) is 0 Å². The average molecular weight is 252 g/mol. The molecular formula is C12H8N6O. The zero-order valence-electron chi connectivity index (χ0n) is 9.76. The van der Waals surface area contributed by atoms with E-state index in [-0.39, 0.29) is 12.4 Å². The van der Waals surface area contributed by atoms with E-state index >= 15 is 0 Å². The van der Waals surface area contributed by atoms with Crippen LogP contribution in [0.3, 0.4) is 0 Å². The number of nitriles is 1. The molecule has 3 aromatic rings.